The Labute approximate surface area is 77.0 Å². The predicted octanol–water partition coefficient (Wildman–Crippen LogP) is 0.872. The number of nitrogen functional groups attached to an aromatic ring is 1. The molecule has 0 aliphatic rings. The van der Waals surface area contributed by atoms with Gasteiger partial charge in [0.1, 0.15) is 12.1 Å². The lowest BCUT2D eigenvalue weighted by Crippen LogP contribution is -2.05. The van der Waals surface area contributed by atoms with Crippen molar-refractivity contribution in [3.05, 3.63) is 18.1 Å². The van der Waals surface area contributed by atoms with Crippen molar-refractivity contribution >= 4 is 11.8 Å². The number of esters is 1. The summed E-state index contributed by atoms with van der Waals surface area (Å²) >= 11 is 0. The van der Waals surface area contributed by atoms with Crippen LogP contribution in [0.25, 0.3) is 0 Å². The summed E-state index contributed by atoms with van der Waals surface area (Å²) < 4.78 is 4.41. The van der Waals surface area contributed by atoms with Gasteiger partial charge in [-0.2, -0.15) is 0 Å². The van der Waals surface area contributed by atoms with E-state index >= 15 is 0 Å². The Morgan fingerprint density at radius 3 is 2.54 bits per heavy atom. The molecule has 0 bridgehead atoms. The molecular formula is C8H13N3O2. The minimum Gasteiger partial charge on any atom is -0.464 e. The highest BCUT2D eigenvalue weighted by Crippen LogP contribution is 1.99. The monoisotopic (exact) mass is 183 g/mol. The molecule has 13 heavy (non-hydrogen) atoms. The van der Waals surface area contributed by atoms with Crippen molar-refractivity contribution < 1.29 is 9.53 Å². The summed E-state index contributed by atoms with van der Waals surface area (Å²) in [6.07, 6.45) is 1.21. The minimum absolute atomic E-state index is 0.167. The minimum atomic E-state index is -0.515. The number of ether oxygens (including phenoxy) is 1. The number of carbonyl (C=O) groups is 1. The molecule has 0 saturated carbocycles. The van der Waals surface area contributed by atoms with E-state index in [1.54, 1.807) is 0 Å². The fraction of sp³-hybridized carbons (Fsp3) is 0.375. The van der Waals surface area contributed by atoms with Crippen LogP contribution >= 0.6 is 0 Å². The number of hydrogen-bond acceptors (Lipinski definition) is 5. The van der Waals surface area contributed by atoms with Crippen LogP contribution in [-0.2, 0) is 4.74 Å². The Balaban J connectivity index is 0.000000671. The Bertz CT molecular complexity index is 276. The first kappa shape index (κ1) is 11.4. The van der Waals surface area contributed by atoms with Crippen molar-refractivity contribution in [2.75, 3.05) is 12.8 Å². The summed E-state index contributed by atoms with van der Waals surface area (Å²) in [6, 6.07) is 1.35. The van der Waals surface area contributed by atoms with Gasteiger partial charge in [-0.3, -0.25) is 0 Å². The molecule has 0 atom stereocenters. The molecule has 0 aliphatic heterocycles. The highest BCUT2D eigenvalue weighted by Gasteiger charge is 2.05. The van der Waals surface area contributed by atoms with Gasteiger partial charge in [-0.1, -0.05) is 13.8 Å². The van der Waals surface area contributed by atoms with Gasteiger partial charge in [-0.25, -0.2) is 14.8 Å². The zero-order valence-electron chi connectivity index (χ0n) is 7.94. The number of nitrogens with zero attached hydrogens (tertiary/aromatic N) is 2. The second-order valence-corrected chi connectivity index (χ2v) is 1.82. The highest BCUT2D eigenvalue weighted by molar-refractivity contribution is 5.87. The molecule has 0 unspecified atom stereocenters. The lowest BCUT2D eigenvalue weighted by Gasteiger charge is -1.96. The van der Waals surface area contributed by atoms with Crippen LogP contribution in [0.4, 0.5) is 5.82 Å². The first-order valence-electron chi connectivity index (χ1n) is 3.90. The number of rotatable bonds is 1. The maximum Gasteiger partial charge on any atom is 0.356 e. The number of anilines is 1. The maximum absolute atomic E-state index is 10.8. The van der Waals surface area contributed by atoms with Gasteiger partial charge in [0, 0.05) is 6.07 Å². The van der Waals surface area contributed by atoms with Crippen LogP contribution in [0.3, 0.4) is 0 Å². The van der Waals surface area contributed by atoms with Crippen molar-refractivity contribution in [2.24, 2.45) is 0 Å². The fourth-order valence-corrected chi connectivity index (χ4v) is 0.589. The van der Waals surface area contributed by atoms with E-state index in [4.69, 9.17) is 5.73 Å². The van der Waals surface area contributed by atoms with Crippen LogP contribution < -0.4 is 5.73 Å². The fourth-order valence-electron chi connectivity index (χ4n) is 0.589. The molecule has 0 fully saturated rings. The van der Waals surface area contributed by atoms with Crippen molar-refractivity contribution in [1.82, 2.24) is 9.97 Å². The molecule has 1 aromatic heterocycles. The third-order valence-corrected chi connectivity index (χ3v) is 1.08. The normalized spacial score (nSPS) is 8.23. The molecule has 2 N–H and O–H groups in total. The van der Waals surface area contributed by atoms with Gasteiger partial charge < -0.3 is 10.5 Å². The summed E-state index contributed by atoms with van der Waals surface area (Å²) in [5.41, 5.74) is 5.46. The van der Waals surface area contributed by atoms with Crippen LogP contribution in [0, 0.1) is 0 Å². The summed E-state index contributed by atoms with van der Waals surface area (Å²) in [6.45, 7) is 4.00. The number of methoxy groups -OCH3 is 1. The van der Waals surface area contributed by atoms with Crippen molar-refractivity contribution in [3.8, 4) is 0 Å². The second-order valence-electron chi connectivity index (χ2n) is 1.82. The van der Waals surface area contributed by atoms with Gasteiger partial charge in [0.25, 0.3) is 0 Å². The Hall–Kier alpha value is -1.65. The Morgan fingerprint density at radius 2 is 2.08 bits per heavy atom. The van der Waals surface area contributed by atoms with Crippen LogP contribution in [-0.4, -0.2) is 23.0 Å². The van der Waals surface area contributed by atoms with E-state index in [2.05, 4.69) is 14.7 Å². The van der Waals surface area contributed by atoms with Gasteiger partial charge in [-0.05, 0) is 0 Å². The third kappa shape index (κ3) is 3.50. The van der Waals surface area contributed by atoms with E-state index in [0.717, 1.165) is 0 Å². The van der Waals surface area contributed by atoms with Crippen molar-refractivity contribution in [3.63, 3.8) is 0 Å². The topological polar surface area (TPSA) is 78.1 Å². The molecule has 0 aliphatic carbocycles. The molecule has 0 spiro atoms. The van der Waals surface area contributed by atoms with E-state index in [1.165, 1.54) is 19.5 Å². The van der Waals surface area contributed by atoms with Gasteiger partial charge in [0.05, 0.1) is 7.11 Å². The molecule has 1 aromatic rings. The molecule has 0 radical (unpaired) electrons. The summed E-state index contributed by atoms with van der Waals surface area (Å²) in [5, 5.41) is 0. The first-order chi connectivity index (χ1) is 6.24. The van der Waals surface area contributed by atoms with Gasteiger partial charge in [-0.15, -0.1) is 0 Å². The van der Waals surface area contributed by atoms with Crippen molar-refractivity contribution in [1.29, 1.82) is 0 Å². The van der Waals surface area contributed by atoms with Crippen molar-refractivity contribution in [2.45, 2.75) is 13.8 Å². The average Bonchev–Trinajstić information content (AvgIpc) is 2.20. The quantitative estimate of drug-likeness (QED) is 0.653. The Morgan fingerprint density at radius 1 is 1.46 bits per heavy atom. The molecule has 0 aromatic carbocycles. The molecular weight excluding hydrogens is 170 g/mol. The van der Waals surface area contributed by atoms with E-state index in [1.807, 2.05) is 13.8 Å². The molecule has 72 valence electrons. The number of hydrogen-bond donors (Lipinski definition) is 1. The van der Waals surface area contributed by atoms with E-state index < -0.39 is 5.97 Å². The number of nitrogens with two attached hydrogens (primary N) is 1. The van der Waals surface area contributed by atoms with Crippen LogP contribution in [0.5, 0.6) is 0 Å². The van der Waals surface area contributed by atoms with E-state index in [-0.39, 0.29) is 11.5 Å². The standard InChI is InChI=1S/C6H7N3O2.C2H6/c1-11-6(10)4-2-5(7)9-3-8-4;1-2/h2-3H,1H3,(H2,7,8,9);1-2H3. The second kappa shape index (κ2) is 5.93. The smallest absolute Gasteiger partial charge is 0.356 e. The predicted molar refractivity (Wildman–Crippen MR) is 49.1 cm³/mol. The van der Waals surface area contributed by atoms with Gasteiger partial charge in [0.2, 0.25) is 0 Å². The van der Waals surface area contributed by atoms with E-state index in [9.17, 15) is 4.79 Å². The number of carbonyl (C=O) groups excluding carboxylic acids is 1. The molecule has 0 amide bonds. The molecule has 1 heterocycles. The SMILES string of the molecule is CC.COC(=O)c1cc(N)ncn1. The molecule has 0 saturated heterocycles. The third-order valence-electron chi connectivity index (χ3n) is 1.08. The largest absolute Gasteiger partial charge is 0.464 e. The van der Waals surface area contributed by atoms with Crippen LogP contribution in [0.1, 0.15) is 24.3 Å². The maximum atomic E-state index is 10.8. The summed E-state index contributed by atoms with van der Waals surface area (Å²) in [7, 11) is 1.28. The zero-order valence-corrected chi connectivity index (χ0v) is 7.94. The van der Waals surface area contributed by atoms with Crippen LogP contribution in [0.15, 0.2) is 12.4 Å². The Kier molecular flexibility index (Phi) is 5.18. The first-order valence-corrected chi connectivity index (χ1v) is 3.90. The average molecular weight is 183 g/mol. The molecule has 5 nitrogen and oxygen atoms in total. The highest BCUT2D eigenvalue weighted by atomic mass is 16.5. The van der Waals surface area contributed by atoms with E-state index in [0.29, 0.717) is 0 Å². The number of aromatic nitrogens is 2. The lowest BCUT2D eigenvalue weighted by atomic mass is 10.4. The molecule has 1 rings (SSSR count). The lowest BCUT2D eigenvalue weighted by molar-refractivity contribution is 0.0594. The van der Waals surface area contributed by atoms with Crippen LogP contribution in [0.2, 0.25) is 0 Å². The summed E-state index contributed by atoms with van der Waals surface area (Å²) in [4.78, 5) is 18.1. The summed E-state index contributed by atoms with van der Waals surface area (Å²) in [5.74, 6) is -0.264. The zero-order chi connectivity index (χ0) is 10.3. The molecule has 5 heteroatoms. The van der Waals surface area contributed by atoms with Gasteiger partial charge in [0.15, 0.2) is 5.69 Å². The van der Waals surface area contributed by atoms with Gasteiger partial charge >= 0.3 is 5.97 Å².